The lowest BCUT2D eigenvalue weighted by Gasteiger charge is -2.15. The summed E-state index contributed by atoms with van der Waals surface area (Å²) in [5.41, 5.74) is 1.73. The molecule has 2 unspecified atom stereocenters. The Labute approximate surface area is 138 Å². The zero-order chi connectivity index (χ0) is 15.7. The van der Waals surface area contributed by atoms with E-state index in [0.29, 0.717) is 10.5 Å². The fourth-order valence-corrected chi connectivity index (χ4v) is 11.3. The Morgan fingerprint density at radius 1 is 0.864 bits per heavy atom. The minimum absolute atomic E-state index is 0.120. The highest BCUT2D eigenvalue weighted by molar-refractivity contribution is 8.60. The zero-order valence-electron chi connectivity index (χ0n) is 13.8. The first-order valence-electron chi connectivity index (χ1n) is 7.90. The van der Waals surface area contributed by atoms with Crippen molar-refractivity contribution in [1.29, 1.82) is 0 Å². The normalized spacial score (nSPS) is 19.2. The zero-order valence-corrected chi connectivity index (χ0v) is 15.5. The lowest BCUT2D eigenvalue weighted by molar-refractivity contribution is 0.540. The van der Waals surface area contributed by atoms with E-state index in [1.54, 1.807) is 10.6 Å². The van der Waals surface area contributed by atoms with Crippen molar-refractivity contribution in [3.8, 4) is 0 Å². The first-order valence-corrected chi connectivity index (χ1v) is 11.2. The average Bonchev–Trinajstić information content (AvgIpc) is 3.26. The molecule has 0 amide bonds. The van der Waals surface area contributed by atoms with E-state index in [4.69, 9.17) is 0 Å². The Morgan fingerprint density at radius 3 is 1.91 bits per heavy atom. The summed E-state index contributed by atoms with van der Waals surface area (Å²) < 4.78 is 0. The molecule has 3 rings (SSSR count). The van der Waals surface area contributed by atoms with Crippen molar-refractivity contribution >= 4 is 23.0 Å². The van der Waals surface area contributed by atoms with Crippen LogP contribution in [-0.4, -0.2) is 5.75 Å². The summed E-state index contributed by atoms with van der Waals surface area (Å²) in [6, 6.07) is 22.1. The van der Waals surface area contributed by atoms with Crippen LogP contribution >= 0.6 is 7.12 Å². The summed E-state index contributed by atoms with van der Waals surface area (Å²) >= 11 is 0. The summed E-state index contributed by atoms with van der Waals surface area (Å²) in [6.45, 7) is 9.46. The Bertz CT molecular complexity index is 668. The van der Waals surface area contributed by atoms with Gasteiger partial charge in [0.15, 0.2) is 12.0 Å². The van der Waals surface area contributed by atoms with Crippen molar-refractivity contribution in [2.45, 2.75) is 32.6 Å². The SMILES string of the molecule is CC[S+](c1ccccc1)P1C(c2ccccc2)=C1C(C)(C)C. The van der Waals surface area contributed by atoms with E-state index in [2.05, 4.69) is 88.4 Å². The molecular weight excluding hydrogens is 303 g/mol. The molecule has 0 fully saturated rings. The van der Waals surface area contributed by atoms with Gasteiger partial charge in [-0.05, 0) is 30.0 Å². The lowest BCUT2D eigenvalue weighted by Crippen LogP contribution is -2.05. The molecule has 0 saturated carbocycles. The van der Waals surface area contributed by atoms with Gasteiger partial charge in [0.1, 0.15) is 5.75 Å². The lowest BCUT2D eigenvalue weighted by atomic mass is 9.95. The highest BCUT2D eigenvalue weighted by Gasteiger charge is 2.56. The Morgan fingerprint density at radius 2 is 1.41 bits per heavy atom. The number of benzene rings is 2. The molecule has 0 N–H and O–H groups in total. The third-order valence-corrected chi connectivity index (χ3v) is 11.4. The van der Waals surface area contributed by atoms with Gasteiger partial charge in [-0.2, -0.15) is 0 Å². The standard InChI is InChI=1S/C20H24PS/c1-5-22(17-14-10-7-11-15-17)21-18(19(21)20(2,3)4)16-12-8-6-9-13-16/h6-15H,5H2,1-4H3/q+1. The van der Waals surface area contributed by atoms with E-state index in [9.17, 15) is 0 Å². The molecule has 0 aromatic heterocycles. The summed E-state index contributed by atoms with van der Waals surface area (Å²) in [5.74, 6) is 1.24. The van der Waals surface area contributed by atoms with Gasteiger partial charge in [-0.3, -0.25) is 0 Å². The van der Waals surface area contributed by atoms with E-state index in [0.717, 1.165) is 0 Å². The maximum absolute atomic E-state index is 2.37. The van der Waals surface area contributed by atoms with E-state index in [1.165, 1.54) is 16.2 Å². The number of rotatable bonds is 4. The molecule has 1 aliphatic rings. The molecule has 22 heavy (non-hydrogen) atoms. The molecule has 0 spiro atoms. The van der Waals surface area contributed by atoms with Gasteiger partial charge in [0.25, 0.3) is 0 Å². The van der Waals surface area contributed by atoms with Gasteiger partial charge in [0.05, 0.1) is 10.5 Å². The van der Waals surface area contributed by atoms with Gasteiger partial charge >= 0.3 is 0 Å². The van der Waals surface area contributed by atoms with Crippen LogP contribution < -0.4 is 0 Å². The maximum Gasteiger partial charge on any atom is 0.190 e. The van der Waals surface area contributed by atoms with E-state index >= 15 is 0 Å². The van der Waals surface area contributed by atoms with Crippen LogP contribution in [-0.2, 0) is 10.5 Å². The van der Waals surface area contributed by atoms with Crippen molar-refractivity contribution in [2.75, 3.05) is 5.75 Å². The van der Waals surface area contributed by atoms with Crippen LogP contribution in [0.4, 0.5) is 0 Å². The van der Waals surface area contributed by atoms with Crippen LogP contribution in [0.2, 0.25) is 0 Å². The van der Waals surface area contributed by atoms with Gasteiger partial charge < -0.3 is 0 Å². The first-order chi connectivity index (χ1) is 10.5. The molecule has 0 bridgehead atoms. The molecule has 2 aromatic carbocycles. The molecule has 2 heteroatoms. The molecule has 0 aliphatic carbocycles. The van der Waals surface area contributed by atoms with Crippen LogP contribution in [0, 0.1) is 5.41 Å². The van der Waals surface area contributed by atoms with Gasteiger partial charge in [0, 0.05) is 10.6 Å². The van der Waals surface area contributed by atoms with Crippen molar-refractivity contribution in [3.05, 3.63) is 71.5 Å². The van der Waals surface area contributed by atoms with Gasteiger partial charge in [-0.15, -0.1) is 0 Å². The molecule has 2 aromatic rings. The summed E-state index contributed by atoms with van der Waals surface area (Å²) in [5, 5.41) is 3.39. The second kappa shape index (κ2) is 6.22. The third kappa shape index (κ3) is 3.03. The van der Waals surface area contributed by atoms with Crippen molar-refractivity contribution in [1.82, 2.24) is 0 Å². The van der Waals surface area contributed by atoms with Crippen LogP contribution in [0.25, 0.3) is 5.31 Å². The van der Waals surface area contributed by atoms with Crippen molar-refractivity contribution < 1.29 is 0 Å². The molecule has 114 valence electrons. The van der Waals surface area contributed by atoms with Crippen LogP contribution in [0.5, 0.6) is 0 Å². The first kappa shape index (κ1) is 15.8. The van der Waals surface area contributed by atoms with Crippen LogP contribution in [0.15, 0.2) is 70.9 Å². The Kier molecular flexibility index (Phi) is 4.48. The Balaban J connectivity index is 1.98. The van der Waals surface area contributed by atoms with E-state index in [1.807, 2.05) is 0 Å². The fraction of sp³-hybridized carbons (Fsp3) is 0.300. The largest absolute Gasteiger partial charge is 0.190 e. The summed E-state index contributed by atoms with van der Waals surface area (Å²) in [6.07, 6.45) is 0. The minimum atomic E-state index is -0.120. The number of hydrogen-bond acceptors (Lipinski definition) is 0. The molecule has 2 atom stereocenters. The Hall–Kier alpha value is -1.04. The number of hydrogen-bond donors (Lipinski definition) is 0. The average molecular weight is 327 g/mol. The quantitative estimate of drug-likeness (QED) is 0.443. The smallest absolute Gasteiger partial charge is 0.0622 e. The fourth-order valence-electron chi connectivity index (χ4n) is 2.86. The third-order valence-electron chi connectivity index (χ3n) is 3.85. The van der Waals surface area contributed by atoms with Crippen LogP contribution in [0.3, 0.4) is 0 Å². The maximum atomic E-state index is 2.37. The molecule has 1 aliphatic heterocycles. The topological polar surface area (TPSA) is 0 Å². The molecule has 0 saturated heterocycles. The predicted molar refractivity (Wildman–Crippen MR) is 102 cm³/mol. The summed E-state index contributed by atoms with van der Waals surface area (Å²) in [7, 11) is 0.228. The molecular formula is C20H24PS+. The molecule has 0 nitrogen and oxygen atoms in total. The highest BCUT2D eigenvalue weighted by Crippen LogP contribution is 2.83. The second-order valence-corrected chi connectivity index (χ2v) is 12.3. The number of allylic oxidation sites excluding steroid dienone is 1. The summed E-state index contributed by atoms with van der Waals surface area (Å²) in [4.78, 5) is 1.53. The molecule has 0 radical (unpaired) electrons. The van der Waals surface area contributed by atoms with E-state index in [-0.39, 0.29) is 12.5 Å². The second-order valence-electron chi connectivity index (χ2n) is 6.57. The minimum Gasteiger partial charge on any atom is -0.0622 e. The van der Waals surface area contributed by atoms with Gasteiger partial charge in [0.2, 0.25) is 0 Å². The van der Waals surface area contributed by atoms with Crippen molar-refractivity contribution in [2.24, 2.45) is 5.41 Å². The van der Waals surface area contributed by atoms with Gasteiger partial charge in [-0.25, -0.2) is 0 Å². The van der Waals surface area contributed by atoms with E-state index < -0.39 is 0 Å². The predicted octanol–water partition coefficient (Wildman–Crippen LogP) is 6.51. The highest BCUT2D eigenvalue weighted by atomic mass is 32.8. The van der Waals surface area contributed by atoms with Gasteiger partial charge in [-0.1, -0.05) is 69.3 Å². The monoisotopic (exact) mass is 327 g/mol. The van der Waals surface area contributed by atoms with Crippen LogP contribution in [0.1, 0.15) is 33.3 Å². The molecule has 1 heterocycles. The van der Waals surface area contributed by atoms with Crippen molar-refractivity contribution in [3.63, 3.8) is 0 Å².